The molecule has 22 heavy (non-hydrogen) atoms. The van der Waals surface area contributed by atoms with Crippen LogP contribution in [0.15, 0.2) is 35.7 Å². The second-order valence-electron chi connectivity index (χ2n) is 5.18. The molecule has 6 heteroatoms. The lowest BCUT2D eigenvalue weighted by Crippen LogP contribution is -2.37. The number of hydrogen-bond acceptors (Lipinski definition) is 4. The second-order valence-corrected chi connectivity index (χ2v) is 6.16. The maximum absolute atomic E-state index is 12.0. The fraction of sp³-hybridized carbons (Fsp3) is 0.375. The first-order chi connectivity index (χ1) is 10.6. The van der Waals surface area contributed by atoms with Crippen LogP contribution in [0.25, 0.3) is 0 Å². The average Bonchev–Trinajstić information content (AvgIpc) is 3.05. The highest BCUT2D eigenvalue weighted by molar-refractivity contribution is 7.10. The number of aromatic nitrogens is 1. The zero-order valence-corrected chi connectivity index (χ0v) is 14.0. The summed E-state index contributed by atoms with van der Waals surface area (Å²) in [4.78, 5) is 19.6. The monoisotopic (exact) mass is 318 g/mol. The van der Waals surface area contributed by atoms with Crippen molar-refractivity contribution in [1.82, 2.24) is 15.6 Å². The summed E-state index contributed by atoms with van der Waals surface area (Å²) in [6.07, 6.45) is 0.863. The van der Waals surface area contributed by atoms with E-state index >= 15 is 0 Å². The molecule has 2 aromatic rings. The lowest BCUT2D eigenvalue weighted by Gasteiger charge is -2.16. The first-order valence-corrected chi connectivity index (χ1v) is 8.19. The van der Waals surface area contributed by atoms with Crippen molar-refractivity contribution in [2.75, 3.05) is 19.0 Å². The van der Waals surface area contributed by atoms with E-state index < -0.39 is 0 Å². The summed E-state index contributed by atoms with van der Waals surface area (Å²) in [5, 5.41) is 7.89. The van der Waals surface area contributed by atoms with E-state index in [1.165, 1.54) is 4.88 Å². The van der Waals surface area contributed by atoms with E-state index in [-0.39, 0.29) is 12.1 Å². The van der Waals surface area contributed by atoms with Gasteiger partial charge in [0.25, 0.3) is 0 Å². The first kappa shape index (κ1) is 16.3. The maximum Gasteiger partial charge on any atom is 0.315 e. The molecule has 0 saturated carbocycles. The number of rotatable bonds is 6. The molecule has 2 N–H and O–H groups in total. The van der Waals surface area contributed by atoms with Crippen molar-refractivity contribution in [3.63, 3.8) is 0 Å². The van der Waals surface area contributed by atoms with Gasteiger partial charge in [-0.05, 0) is 30.0 Å². The number of pyridine rings is 1. The second kappa shape index (κ2) is 7.79. The molecule has 2 rings (SSSR count). The summed E-state index contributed by atoms with van der Waals surface area (Å²) in [5.41, 5.74) is 0.838. The number of anilines is 1. The molecular formula is C16H22N4OS. The minimum absolute atomic E-state index is 0.0565. The molecule has 0 aliphatic heterocycles. The third-order valence-electron chi connectivity index (χ3n) is 3.28. The Bertz CT molecular complexity index is 598. The normalized spacial score (nSPS) is 11.8. The van der Waals surface area contributed by atoms with Gasteiger partial charge in [-0.15, -0.1) is 11.3 Å². The van der Waals surface area contributed by atoms with Gasteiger partial charge >= 0.3 is 6.03 Å². The van der Waals surface area contributed by atoms with E-state index in [1.54, 1.807) is 11.3 Å². The highest BCUT2D eigenvalue weighted by Gasteiger charge is 2.13. The number of nitrogens with one attached hydrogen (secondary N) is 2. The smallest absolute Gasteiger partial charge is 0.315 e. The van der Waals surface area contributed by atoms with Crippen LogP contribution in [0.5, 0.6) is 0 Å². The zero-order chi connectivity index (χ0) is 15.9. The quantitative estimate of drug-likeness (QED) is 0.860. The Morgan fingerprint density at radius 3 is 2.77 bits per heavy atom. The van der Waals surface area contributed by atoms with Crippen molar-refractivity contribution < 1.29 is 4.79 Å². The van der Waals surface area contributed by atoms with Gasteiger partial charge in [0, 0.05) is 19.0 Å². The molecule has 2 amide bonds. The van der Waals surface area contributed by atoms with Crippen molar-refractivity contribution in [2.45, 2.75) is 25.9 Å². The van der Waals surface area contributed by atoms with Gasteiger partial charge in [-0.3, -0.25) is 0 Å². The van der Waals surface area contributed by atoms with Crippen molar-refractivity contribution in [3.05, 3.63) is 46.3 Å². The summed E-state index contributed by atoms with van der Waals surface area (Å²) in [6, 6.07) is 9.72. The molecule has 0 radical (unpaired) electrons. The van der Waals surface area contributed by atoms with Gasteiger partial charge in [-0.25, -0.2) is 9.78 Å². The fourth-order valence-electron chi connectivity index (χ4n) is 2.06. The summed E-state index contributed by atoms with van der Waals surface area (Å²) in [5.74, 6) is 0.879. The third kappa shape index (κ3) is 4.46. The molecule has 0 aromatic carbocycles. The van der Waals surface area contributed by atoms with Gasteiger partial charge < -0.3 is 15.5 Å². The molecule has 0 unspecified atom stereocenters. The lowest BCUT2D eigenvalue weighted by molar-refractivity contribution is 0.236. The SMILES string of the molecule is CC[C@@H](NC(=O)NCc1cccc(N(C)C)n1)c1cccs1. The number of amides is 2. The minimum Gasteiger partial charge on any atom is -0.363 e. The molecule has 0 spiro atoms. The maximum atomic E-state index is 12.0. The summed E-state index contributed by atoms with van der Waals surface area (Å²) < 4.78 is 0. The number of carbonyl (C=O) groups is 1. The van der Waals surface area contributed by atoms with Gasteiger partial charge in [-0.2, -0.15) is 0 Å². The van der Waals surface area contributed by atoms with E-state index in [4.69, 9.17) is 0 Å². The average molecular weight is 318 g/mol. The van der Waals surface area contributed by atoms with Crippen molar-refractivity contribution in [1.29, 1.82) is 0 Å². The van der Waals surface area contributed by atoms with Crippen LogP contribution in [0, 0.1) is 0 Å². The predicted octanol–water partition coefficient (Wildman–Crippen LogP) is 3.16. The molecule has 2 heterocycles. The number of nitrogens with zero attached hydrogens (tertiary/aromatic N) is 2. The van der Waals surface area contributed by atoms with Crippen molar-refractivity contribution in [2.24, 2.45) is 0 Å². The van der Waals surface area contributed by atoms with Crippen LogP contribution in [-0.4, -0.2) is 25.1 Å². The molecule has 0 aliphatic carbocycles. The van der Waals surface area contributed by atoms with E-state index in [9.17, 15) is 4.79 Å². The van der Waals surface area contributed by atoms with Gasteiger partial charge in [-0.1, -0.05) is 19.1 Å². The number of carbonyl (C=O) groups excluding carboxylic acids is 1. The Morgan fingerprint density at radius 2 is 2.14 bits per heavy atom. The van der Waals surface area contributed by atoms with Crippen molar-refractivity contribution in [3.8, 4) is 0 Å². The minimum atomic E-state index is -0.169. The van der Waals surface area contributed by atoms with Crippen LogP contribution in [0.3, 0.4) is 0 Å². The molecular weight excluding hydrogens is 296 g/mol. The third-order valence-corrected chi connectivity index (χ3v) is 4.27. The fourth-order valence-corrected chi connectivity index (χ4v) is 2.92. The Labute approximate surface area is 135 Å². The van der Waals surface area contributed by atoms with Crippen LogP contribution in [-0.2, 0) is 6.54 Å². The van der Waals surface area contributed by atoms with Crippen LogP contribution >= 0.6 is 11.3 Å². The molecule has 0 fully saturated rings. The molecule has 0 aliphatic rings. The molecule has 0 bridgehead atoms. The topological polar surface area (TPSA) is 57.3 Å². The Hall–Kier alpha value is -2.08. The summed E-state index contributed by atoms with van der Waals surface area (Å²) in [7, 11) is 3.89. The van der Waals surface area contributed by atoms with Gasteiger partial charge in [0.05, 0.1) is 18.3 Å². The predicted molar refractivity (Wildman–Crippen MR) is 91.3 cm³/mol. The van der Waals surface area contributed by atoms with Crippen LogP contribution in [0.4, 0.5) is 10.6 Å². The Balaban J connectivity index is 1.88. The van der Waals surface area contributed by atoms with Crippen LogP contribution < -0.4 is 15.5 Å². The largest absolute Gasteiger partial charge is 0.363 e. The van der Waals surface area contributed by atoms with Gasteiger partial charge in [0.1, 0.15) is 5.82 Å². The first-order valence-electron chi connectivity index (χ1n) is 7.31. The van der Waals surface area contributed by atoms with Crippen LogP contribution in [0.2, 0.25) is 0 Å². The Kier molecular flexibility index (Phi) is 5.77. The summed E-state index contributed by atoms with van der Waals surface area (Å²) >= 11 is 1.66. The standard InChI is InChI=1S/C16H22N4OS/c1-4-13(14-8-6-10-22-14)19-16(21)17-11-12-7-5-9-15(18-12)20(2)3/h5-10,13H,4,11H2,1-3H3,(H2,17,19,21)/t13-/m1/s1. The zero-order valence-electron chi connectivity index (χ0n) is 13.2. The van der Waals surface area contributed by atoms with E-state index in [0.29, 0.717) is 6.54 Å². The lowest BCUT2D eigenvalue weighted by atomic mass is 10.2. The summed E-state index contributed by atoms with van der Waals surface area (Å²) in [6.45, 7) is 2.47. The van der Waals surface area contributed by atoms with Crippen LogP contribution in [0.1, 0.15) is 30.0 Å². The number of thiophene rings is 1. The van der Waals surface area contributed by atoms with E-state index in [0.717, 1.165) is 17.9 Å². The van der Waals surface area contributed by atoms with Crippen molar-refractivity contribution >= 4 is 23.2 Å². The van der Waals surface area contributed by atoms with Gasteiger partial charge in [0.15, 0.2) is 0 Å². The molecule has 118 valence electrons. The highest BCUT2D eigenvalue weighted by Crippen LogP contribution is 2.21. The highest BCUT2D eigenvalue weighted by atomic mass is 32.1. The number of hydrogen-bond donors (Lipinski definition) is 2. The van der Waals surface area contributed by atoms with Gasteiger partial charge in [0.2, 0.25) is 0 Å². The molecule has 2 aromatic heterocycles. The van der Waals surface area contributed by atoms with E-state index in [1.807, 2.05) is 54.7 Å². The Morgan fingerprint density at radius 1 is 1.32 bits per heavy atom. The van der Waals surface area contributed by atoms with E-state index in [2.05, 4.69) is 22.5 Å². The number of urea groups is 1. The molecule has 0 saturated heterocycles. The molecule has 1 atom stereocenters. The molecule has 5 nitrogen and oxygen atoms in total.